The molecule has 0 amide bonds. The molecule has 0 saturated carbocycles. The van der Waals surface area contributed by atoms with E-state index in [1.807, 2.05) is 18.2 Å². The minimum atomic E-state index is -0.277. The number of aromatic amines is 1. The quantitative estimate of drug-likeness (QED) is 0.797. The topological polar surface area (TPSA) is 67.8 Å². The second-order valence-corrected chi connectivity index (χ2v) is 3.37. The summed E-state index contributed by atoms with van der Waals surface area (Å²) in [7, 11) is 0. The van der Waals surface area contributed by atoms with E-state index in [0.717, 1.165) is 5.69 Å². The van der Waals surface area contributed by atoms with Gasteiger partial charge in [0.1, 0.15) is 0 Å². The summed E-state index contributed by atoms with van der Waals surface area (Å²) in [5, 5.41) is 2.47. The Balaban J connectivity index is 2.14. The number of nitrogens with one attached hydrogen (secondary N) is 1. The van der Waals surface area contributed by atoms with Crippen molar-refractivity contribution in [2.45, 2.75) is 13.0 Å². The molecule has 2 heterocycles. The molecule has 2 aromatic heterocycles. The van der Waals surface area contributed by atoms with Crippen LogP contribution in [0.4, 0.5) is 0 Å². The van der Waals surface area contributed by atoms with Crippen molar-refractivity contribution in [2.75, 3.05) is 0 Å². The molecule has 2 rings (SSSR count). The van der Waals surface area contributed by atoms with Crippen molar-refractivity contribution in [1.29, 1.82) is 0 Å². The smallest absolute Gasteiger partial charge is 0.265 e. The Morgan fingerprint density at radius 1 is 1.19 bits per heavy atom. The number of nitrogens with zero attached hydrogens (tertiary/aromatic N) is 2. The van der Waals surface area contributed by atoms with Gasteiger partial charge in [-0.1, -0.05) is 6.07 Å². The molecule has 0 atom stereocenters. The molecule has 2 aromatic rings. The zero-order valence-corrected chi connectivity index (χ0v) is 8.59. The van der Waals surface area contributed by atoms with Gasteiger partial charge in [0.15, 0.2) is 0 Å². The first-order valence-electron chi connectivity index (χ1n) is 4.96. The Morgan fingerprint density at radius 3 is 2.81 bits per heavy atom. The van der Waals surface area contributed by atoms with Gasteiger partial charge in [0.25, 0.3) is 11.1 Å². The first kappa shape index (κ1) is 10.4. The van der Waals surface area contributed by atoms with E-state index in [2.05, 4.69) is 10.1 Å². The number of hydrogen-bond donors (Lipinski definition) is 1. The minimum absolute atomic E-state index is 0.212. The number of hydrogen-bond acceptors (Lipinski definition) is 3. The van der Waals surface area contributed by atoms with Crippen LogP contribution in [0.3, 0.4) is 0 Å². The van der Waals surface area contributed by atoms with Crippen LogP contribution in [0.1, 0.15) is 5.69 Å². The van der Waals surface area contributed by atoms with E-state index >= 15 is 0 Å². The number of H-pyrrole nitrogens is 1. The van der Waals surface area contributed by atoms with E-state index in [4.69, 9.17) is 0 Å². The Hall–Kier alpha value is -2.17. The van der Waals surface area contributed by atoms with E-state index in [1.54, 1.807) is 6.20 Å². The summed E-state index contributed by atoms with van der Waals surface area (Å²) >= 11 is 0. The van der Waals surface area contributed by atoms with Crippen LogP contribution in [0.2, 0.25) is 0 Å². The molecule has 0 spiro atoms. The van der Waals surface area contributed by atoms with Crippen LogP contribution in [0.15, 0.2) is 46.1 Å². The molecule has 0 aromatic carbocycles. The van der Waals surface area contributed by atoms with E-state index in [-0.39, 0.29) is 11.1 Å². The molecule has 5 nitrogen and oxygen atoms in total. The van der Waals surface area contributed by atoms with Gasteiger partial charge in [0.05, 0.1) is 0 Å². The van der Waals surface area contributed by atoms with Crippen LogP contribution in [-0.4, -0.2) is 14.8 Å². The highest BCUT2D eigenvalue weighted by molar-refractivity contribution is 5.03. The highest BCUT2D eigenvalue weighted by Gasteiger charge is 1.98. The number of pyridine rings is 1. The fourth-order valence-corrected chi connectivity index (χ4v) is 1.40. The van der Waals surface area contributed by atoms with Gasteiger partial charge in [-0.3, -0.25) is 19.7 Å². The van der Waals surface area contributed by atoms with Gasteiger partial charge in [0.2, 0.25) is 0 Å². The third-order valence-corrected chi connectivity index (χ3v) is 2.21. The van der Waals surface area contributed by atoms with Crippen LogP contribution >= 0.6 is 0 Å². The van der Waals surface area contributed by atoms with Crippen molar-refractivity contribution in [2.24, 2.45) is 0 Å². The SMILES string of the molecule is O=c1ccc(=O)n(CCc2ccccn2)[nH]1. The Bertz CT molecular complexity index is 572. The van der Waals surface area contributed by atoms with Crippen LogP contribution in [-0.2, 0) is 13.0 Å². The van der Waals surface area contributed by atoms with Crippen molar-refractivity contribution in [3.05, 3.63) is 62.9 Å². The lowest BCUT2D eigenvalue weighted by Crippen LogP contribution is -2.28. The summed E-state index contributed by atoms with van der Waals surface area (Å²) in [4.78, 5) is 26.5. The summed E-state index contributed by atoms with van der Waals surface area (Å²) in [6, 6.07) is 8.09. The monoisotopic (exact) mass is 217 g/mol. The summed E-state index contributed by atoms with van der Waals surface area (Å²) in [5.74, 6) is 0. The minimum Gasteiger partial charge on any atom is -0.268 e. The first-order chi connectivity index (χ1) is 7.75. The zero-order chi connectivity index (χ0) is 11.4. The van der Waals surface area contributed by atoms with Crippen LogP contribution in [0.5, 0.6) is 0 Å². The molecular formula is C11H11N3O2. The van der Waals surface area contributed by atoms with E-state index < -0.39 is 0 Å². The van der Waals surface area contributed by atoms with Crippen LogP contribution in [0, 0.1) is 0 Å². The Labute approximate surface area is 91.4 Å². The maximum Gasteiger partial charge on any atom is 0.265 e. The molecule has 16 heavy (non-hydrogen) atoms. The van der Waals surface area contributed by atoms with Gasteiger partial charge in [-0.15, -0.1) is 0 Å². The average molecular weight is 217 g/mol. The van der Waals surface area contributed by atoms with Crippen LogP contribution < -0.4 is 11.1 Å². The Morgan fingerprint density at radius 2 is 2.06 bits per heavy atom. The molecule has 0 aliphatic carbocycles. The van der Waals surface area contributed by atoms with Crippen molar-refractivity contribution in [1.82, 2.24) is 14.8 Å². The number of rotatable bonds is 3. The van der Waals surface area contributed by atoms with Crippen molar-refractivity contribution < 1.29 is 0 Å². The molecule has 0 radical (unpaired) electrons. The molecule has 82 valence electrons. The van der Waals surface area contributed by atoms with Gasteiger partial charge >= 0.3 is 0 Å². The average Bonchev–Trinajstić information content (AvgIpc) is 2.32. The summed E-state index contributed by atoms with van der Waals surface area (Å²) < 4.78 is 1.29. The number of aromatic nitrogens is 3. The predicted molar refractivity (Wildman–Crippen MR) is 59.3 cm³/mol. The Kier molecular flexibility index (Phi) is 2.95. The predicted octanol–water partition coefficient (Wildman–Crippen LogP) is 0.174. The fourth-order valence-electron chi connectivity index (χ4n) is 1.40. The molecule has 1 N–H and O–H groups in total. The molecule has 0 saturated heterocycles. The molecular weight excluding hydrogens is 206 g/mol. The van der Waals surface area contributed by atoms with E-state index in [9.17, 15) is 9.59 Å². The van der Waals surface area contributed by atoms with Gasteiger partial charge in [-0.2, -0.15) is 0 Å². The lowest BCUT2D eigenvalue weighted by molar-refractivity contribution is 0.565. The lowest BCUT2D eigenvalue weighted by Gasteiger charge is -2.03. The third-order valence-electron chi connectivity index (χ3n) is 2.21. The highest BCUT2D eigenvalue weighted by atomic mass is 16.1. The maximum absolute atomic E-state index is 11.4. The summed E-state index contributed by atoms with van der Waals surface area (Å²) in [6.07, 6.45) is 2.31. The van der Waals surface area contributed by atoms with Crippen LogP contribution in [0.25, 0.3) is 0 Å². The third kappa shape index (κ3) is 2.44. The van der Waals surface area contributed by atoms with Gasteiger partial charge < -0.3 is 0 Å². The standard InChI is InChI=1S/C11H11N3O2/c15-10-4-5-11(16)14(13-10)8-6-9-3-1-2-7-12-9/h1-5,7H,6,8H2,(H,13,15). The molecule has 0 fully saturated rings. The van der Waals surface area contributed by atoms with Crippen molar-refractivity contribution in [3.63, 3.8) is 0 Å². The summed E-state index contributed by atoms with van der Waals surface area (Å²) in [6.45, 7) is 0.423. The molecule has 0 bridgehead atoms. The zero-order valence-electron chi connectivity index (χ0n) is 8.59. The van der Waals surface area contributed by atoms with Gasteiger partial charge in [0, 0.05) is 37.0 Å². The number of aryl methyl sites for hydroxylation is 2. The van der Waals surface area contributed by atoms with Crippen molar-refractivity contribution in [3.8, 4) is 0 Å². The van der Waals surface area contributed by atoms with Gasteiger partial charge in [-0.25, -0.2) is 4.68 Å². The van der Waals surface area contributed by atoms with E-state index in [0.29, 0.717) is 13.0 Å². The first-order valence-corrected chi connectivity index (χ1v) is 4.96. The largest absolute Gasteiger partial charge is 0.268 e. The molecule has 0 aliphatic rings. The van der Waals surface area contributed by atoms with Gasteiger partial charge in [-0.05, 0) is 12.1 Å². The second-order valence-electron chi connectivity index (χ2n) is 3.37. The maximum atomic E-state index is 11.4. The lowest BCUT2D eigenvalue weighted by atomic mass is 10.3. The fraction of sp³-hybridized carbons (Fsp3) is 0.182. The summed E-state index contributed by atoms with van der Waals surface area (Å²) in [5.41, 5.74) is 0.398. The van der Waals surface area contributed by atoms with E-state index in [1.165, 1.54) is 16.8 Å². The molecule has 5 heteroatoms. The normalized spacial score (nSPS) is 10.2. The highest BCUT2D eigenvalue weighted by Crippen LogP contribution is 1.94. The molecule has 0 unspecified atom stereocenters. The molecule has 0 aliphatic heterocycles. The van der Waals surface area contributed by atoms with Crippen molar-refractivity contribution >= 4 is 0 Å². The second kappa shape index (κ2) is 4.57.